The van der Waals surface area contributed by atoms with Crippen LogP contribution in [-0.2, 0) is 7.05 Å². The van der Waals surface area contributed by atoms with Crippen LogP contribution in [0.2, 0.25) is 0 Å². The Kier molecular flexibility index (Phi) is 2.28. The molecule has 0 N–H and O–H groups in total. The molecule has 0 radical (unpaired) electrons. The number of hydrogen-bond donors (Lipinski definition) is 0. The highest BCUT2D eigenvalue weighted by atomic mass is 16.1. The molecule has 88 valence electrons. The molecule has 3 nitrogen and oxygen atoms in total. The molecule has 0 spiro atoms. The van der Waals surface area contributed by atoms with Crippen molar-refractivity contribution in [2.75, 3.05) is 0 Å². The highest BCUT2D eigenvalue weighted by Crippen LogP contribution is 2.39. The molecule has 0 atom stereocenters. The third kappa shape index (κ3) is 1.49. The summed E-state index contributed by atoms with van der Waals surface area (Å²) in [6.45, 7) is 1.60. The van der Waals surface area contributed by atoms with Gasteiger partial charge in [0.15, 0.2) is 5.78 Å². The van der Waals surface area contributed by atoms with E-state index >= 15 is 0 Å². The first-order chi connectivity index (χ1) is 8.18. The monoisotopic (exact) mass is 228 g/mol. The zero-order valence-electron chi connectivity index (χ0n) is 10.2. The number of benzene rings is 1. The average molecular weight is 228 g/mol. The summed E-state index contributed by atoms with van der Waals surface area (Å²) < 4.78 is 1.96. The number of hydrogen-bond acceptors (Lipinski definition) is 2. The quantitative estimate of drug-likeness (QED) is 0.740. The summed E-state index contributed by atoms with van der Waals surface area (Å²) in [6, 6.07) is 5.91. The lowest BCUT2D eigenvalue weighted by molar-refractivity contribution is 0.101. The molecule has 1 aromatic heterocycles. The molecular weight excluding hydrogens is 212 g/mol. The van der Waals surface area contributed by atoms with Crippen molar-refractivity contribution in [2.24, 2.45) is 7.05 Å². The molecule has 0 aliphatic heterocycles. The van der Waals surface area contributed by atoms with E-state index in [0.717, 1.165) is 16.5 Å². The lowest BCUT2D eigenvalue weighted by Gasteiger charge is -2.25. The van der Waals surface area contributed by atoms with Crippen LogP contribution >= 0.6 is 0 Å². The summed E-state index contributed by atoms with van der Waals surface area (Å²) in [4.78, 5) is 11.6. The van der Waals surface area contributed by atoms with Crippen molar-refractivity contribution in [2.45, 2.75) is 32.1 Å². The predicted octanol–water partition coefficient (Wildman–Crippen LogP) is 3.04. The van der Waals surface area contributed by atoms with Crippen molar-refractivity contribution < 1.29 is 4.79 Å². The van der Waals surface area contributed by atoms with Gasteiger partial charge in [-0.05, 0) is 25.8 Å². The molecule has 17 heavy (non-hydrogen) atoms. The number of rotatable bonds is 2. The van der Waals surface area contributed by atoms with Crippen LogP contribution < -0.4 is 0 Å². The summed E-state index contributed by atoms with van der Waals surface area (Å²) >= 11 is 0. The lowest BCUT2D eigenvalue weighted by atomic mass is 9.81. The van der Waals surface area contributed by atoms with Crippen LogP contribution in [0.1, 0.15) is 48.2 Å². The van der Waals surface area contributed by atoms with Gasteiger partial charge in [0.2, 0.25) is 0 Å². The topological polar surface area (TPSA) is 34.9 Å². The van der Waals surface area contributed by atoms with Gasteiger partial charge in [0.1, 0.15) is 5.52 Å². The van der Waals surface area contributed by atoms with E-state index in [1.807, 2.05) is 23.9 Å². The summed E-state index contributed by atoms with van der Waals surface area (Å²) in [6.07, 6.45) is 3.81. The number of aryl methyl sites for hydroxylation is 1. The lowest BCUT2D eigenvalue weighted by Crippen LogP contribution is -2.13. The van der Waals surface area contributed by atoms with Crippen LogP contribution in [-0.4, -0.2) is 15.6 Å². The first-order valence-electron chi connectivity index (χ1n) is 6.15. The molecule has 1 heterocycles. The average Bonchev–Trinajstić information content (AvgIpc) is 2.53. The van der Waals surface area contributed by atoms with Gasteiger partial charge >= 0.3 is 0 Å². The molecule has 1 saturated carbocycles. The Bertz CT molecular complexity index is 594. The first kappa shape index (κ1) is 10.5. The number of aromatic nitrogens is 2. The molecule has 3 heteroatoms. The Morgan fingerprint density at radius 1 is 1.41 bits per heavy atom. The number of carbonyl (C=O) groups excluding carboxylic acids is 1. The Morgan fingerprint density at radius 3 is 2.76 bits per heavy atom. The van der Waals surface area contributed by atoms with E-state index in [-0.39, 0.29) is 5.78 Å². The van der Waals surface area contributed by atoms with Gasteiger partial charge in [-0.1, -0.05) is 18.6 Å². The maximum absolute atomic E-state index is 11.6. The molecule has 1 aliphatic carbocycles. The van der Waals surface area contributed by atoms with Crippen LogP contribution in [0, 0.1) is 0 Å². The van der Waals surface area contributed by atoms with Gasteiger partial charge in [0.25, 0.3) is 0 Å². The minimum absolute atomic E-state index is 0.0915. The fourth-order valence-electron chi connectivity index (χ4n) is 2.69. The maximum atomic E-state index is 11.6. The number of ketones is 1. The summed E-state index contributed by atoms with van der Waals surface area (Å²) in [5.41, 5.74) is 2.91. The van der Waals surface area contributed by atoms with Gasteiger partial charge in [-0.3, -0.25) is 9.48 Å². The minimum atomic E-state index is 0.0915. The largest absolute Gasteiger partial charge is 0.294 e. The predicted molar refractivity (Wildman–Crippen MR) is 67.3 cm³/mol. The van der Waals surface area contributed by atoms with E-state index in [1.165, 1.54) is 25.0 Å². The Morgan fingerprint density at radius 2 is 2.18 bits per heavy atom. The van der Waals surface area contributed by atoms with E-state index in [2.05, 4.69) is 11.2 Å². The normalized spacial score (nSPS) is 16.1. The zero-order valence-corrected chi connectivity index (χ0v) is 10.2. The van der Waals surface area contributed by atoms with Crippen molar-refractivity contribution in [1.29, 1.82) is 0 Å². The van der Waals surface area contributed by atoms with Gasteiger partial charge in [-0.2, -0.15) is 5.10 Å². The van der Waals surface area contributed by atoms with E-state index in [1.54, 1.807) is 6.92 Å². The Hall–Kier alpha value is -1.64. The SMILES string of the molecule is CC(=O)c1cccc2c(C3CCC3)n(C)nc12. The molecule has 3 rings (SSSR count). The molecule has 0 unspecified atom stereocenters. The van der Waals surface area contributed by atoms with Gasteiger partial charge in [0.05, 0.1) is 0 Å². The highest BCUT2D eigenvalue weighted by Gasteiger charge is 2.26. The maximum Gasteiger partial charge on any atom is 0.162 e. The number of nitrogens with zero attached hydrogens (tertiary/aromatic N) is 2. The van der Waals surface area contributed by atoms with Gasteiger partial charge in [-0.15, -0.1) is 0 Å². The van der Waals surface area contributed by atoms with Crippen molar-refractivity contribution >= 4 is 16.7 Å². The van der Waals surface area contributed by atoms with Crippen molar-refractivity contribution in [3.63, 3.8) is 0 Å². The van der Waals surface area contributed by atoms with Crippen molar-refractivity contribution in [1.82, 2.24) is 9.78 Å². The molecular formula is C14H16N2O. The van der Waals surface area contributed by atoms with E-state index in [4.69, 9.17) is 0 Å². The van der Waals surface area contributed by atoms with E-state index in [9.17, 15) is 4.79 Å². The van der Waals surface area contributed by atoms with Gasteiger partial charge in [-0.25, -0.2) is 0 Å². The summed E-state index contributed by atoms with van der Waals surface area (Å²) in [5, 5.41) is 5.69. The molecule has 1 aromatic carbocycles. The fourth-order valence-corrected chi connectivity index (χ4v) is 2.69. The molecule has 1 aliphatic rings. The Labute approximate surface area is 100 Å². The smallest absolute Gasteiger partial charge is 0.162 e. The van der Waals surface area contributed by atoms with Crippen LogP contribution in [0.15, 0.2) is 18.2 Å². The molecule has 0 amide bonds. The molecule has 0 bridgehead atoms. The Balaban J connectivity index is 2.26. The van der Waals surface area contributed by atoms with E-state index < -0.39 is 0 Å². The zero-order chi connectivity index (χ0) is 12.0. The molecule has 0 saturated heterocycles. The van der Waals surface area contributed by atoms with Crippen molar-refractivity contribution in [3.05, 3.63) is 29.5 Å². The number of Topliss-reactive ketones (excluding diaryl/α,β-unsaturated/α-hetero) is 1. The fraction of sp³-hybridized carbons (Fsp3) is 0.429. The number of carbonyl (C=O) groups is 1. The first-order valence-corrected chi connectivity index (χ1v) is 6.15. The van der Waals surface area contributed by atoms with Crippen molar-refractivity contribution in [3.8, 4) is 0 Å². The number of fused-ring (bicyclic) bond motifs is 1. The second-order valence-electron chi connectivity index (χ2n) is 4.89. The van der Waals surface area contributed by atoms with Gasteiger partial charge in [0, 0.05) is 29.6 Å². The van der Waals surface area contributed by atoms with Crippen LogP contribution in [0.4, 0.5) is 0 Å². The van der Waals surface area contributed by atoms with Crippen LogP contribution in [0.25, 0.3) is 10.9 Å². The van der Waals surface area contributed by atoms with Crippen LogP contribution in [0.3, 0.4) is 0 Å². The van der Waals surface area contributed by atoms with E-state index in [0.29, 0.717) is 5.92 Å². The second kappa shape index (κ2) is 3.69. The standard InChI is InChI=1S/C14H16N2O/c1-9(17)11-7-4-8-12-13(11)15-16(2)14(12)10-5-3-6-10/h4,7-8,10H,3,5-6H2,1-2H3. The molecule has 2 aromatic rings. The summed E-state index contributed by atoms with van der Waals surface area (Å²) in [7, 11) is 1.98. The second-order valence-corrected chi connectivity index (χ2v) is 4.89. The minimum Gasteiger partial charge on any atom is -0.294 e. The van der Waals surface area contributed by atoms with Crippen LogP contribution in [0.5, 0.6) is 0 Å². The highest BCUT2D eigenvalue weighted by molar-refractivity contribution is 6.06. The third-order valence-corrected chi connectivity index (χ3v) is 3.78. The van der Waals surface area contributed by atoms with Gasteiger partial charge < -0.3 is 0 Å². The third-order valence-electron chi connectivity index (χ3n) is 3.78. The summed E-state index contributed by atoms with van der Waals surface area (Å²) in [5.74, 6) is 0.723. The molecule has 1 fully saturated rings.